The number of carbonyl (C=O) groups excluding carboxylic acids is 2. The molecular weight excluding hydrogens is 415 g/mol. The Morgan fingerprint density at radius 3 is 2.81 bits per heavy atom. The van der Waals surface area contributed by atoms with Gasteiger partial charge >= 0.3 is 0 Å². The van der Waals surface area contributed by atoms with Gasteiger partial charge in [0.15, 0.2) is 0 Å². The van der Waals surface area contributed by atoms with Gasteiger partial charge in [-0.25, -0.2) is 4.39 Å². The summed E-state index contributed by atoms with van der Waals surface area (Å²) in [6, 6.07) is 4.40. The molecule has 2 bridgehead atoms. The summed E-state index contributed by atoms with van der Waals surface area (Å²) in [4.78, 5) is 27.3. The van der Waals surface area contributed by atoms with Gasteiger partial charge in [-0.1, -0.05) is 0 Å². The van der Waals surface area contributed by atoms with Crippen LogP contribution in [0.3, 0.4) is 0 Å². The predicted octanol–water partition coefficient (Wildman–Crippen LogP) is 2.53. The molecule has 4 heterocycles. The Morgan fingerprint density at radius 2 is 2.00 bits per heavy atom. The van der Waals surface area contributed by atoms with E-state index in [1.54, 1.807) is 12.1 Å². The quantitative estimate of drug-likeness (QED) is 0.663. The third-order valence-electron chi connectivity index (χ3n) is 7.49. The number of hydrogen-bond donors (Lipinski definition) is 1. The van der Waals surface area contributed by atoms with E-state index in [-0.39, 0.29) is 55.3 Å². The maximum atomic E-state index is 14.0. The SMILES string of the molecule is O=C1COCC2(CCCN3C(=O)CCOc4ccc(F)cc4[C@H]4CC[C@H](CC4)OCC32)N1. The number of amides is 2. The zero-order chi connectivity index (χ0) is 22.1. The fourth-order valence-electron chi connectivity index (χ4n) is 5.85. The Morgan fingerprint density at radius 1 is 1.16 bits per heavy atom. The highest BCUT2D eigenvalue weighted by atomic mass is 19.1. The van der Waals surface area contributed by atoms with Crippen LogP contribution in [0.1, 0.15) is 56.4 Å². The van der Waals surface area contributed by atoms with Crippen molar-refractivity contribution < 1.29 is 28.2 Å². The molecule has 5 aliphatic rings. The highest BCUT2D eigenvalue weighted by Crippen LogP contribution is 2.40. The second-order valence-electron chi connectivity index (χ2n) is 9.49. The van der Waals surface area contributed by atoms with Crippen molar-refractivity contribution in [1.29, 1.82) is 0 Å². The first kappa shape index (κ1) is 21.6. The number of nitrogens with one attached hydrogen (secondary N) is 1. The van der Waals surface area contributed by atoms with Gasteiger partial charge in [0.2, 0.25) is 11.8 Å². The lowest BCUT2D eigenvalue weighted by Gasteiger charge is -2.51. The molecule has 1 N–H and O–H groups in total. The maximum Gasteiger partial charge on any atom is 0.246 e. The van der Waals surface area contributed by atoms with Gasteiger partial charge in [0.05, 0.1) is 43.9 Å². The van der Waals surface area contributed by atoms with E-state index in [1.165, 1.54) is 6.07 Å². The van der Waals surface area contributed by atoms with Gasteiger partial charge in [0, 0.05) is 12.1 Å². The predicted molar refractivity (Wildman–Crippen MR) is 114 cm³/mol. The van der Waals surface area contributed by atoms with Crippen LogP contribution in [0.5, 0.6) is 5.75 Å². The molecule has 2 unspecified atom stereocenters. The lowest BCUT2D eigenvalue weighted by atomic mass is 9.80. The van der Waals surface area contributed by atoms with E-state index in [0.717, 1.165) is 44.1 Å². The van der Waals surface area contributed by atoms with E-state index >= 15 is 0 Å². The number of piperidine rings is 1. The third kappa shape index (κ3) is 4.22. The highest BCUT2D eigenvalue weighted by Gasteiger charge is 2.49. The summed E-state index contributed by atoms with van der Waals surface area (Å²) in [6.07, 6.45) is 5.41. The van der Waals surface area contributed by atoms with Crippen molar-refractivity contribution in [2.45, 2.75) is 68.5 Å². The highest BCUT2D eigenvalue weighted by molar-refractivity contribution is 5.80. The van der Waals surface area contributed by atoms with Crippen molar-refractivity contribution in [2.75, 3.05) is 33.0 Å². The molecule has 1 spiro atoms. The van der Waals surface area contributed by atoms with Gasteiger partial charge in [-0.05, 0) is 62.6 Å². The Balaban J connectivity index is 1.42. The zero-order valence-corrected chi connectivity index (χ0v) is 18.3. The van der Waals surface area contributed by atoms with Crippen molar-refractivity contribution >= 4 is 11.8 Å². The van der Waals surface area contributed by atoms with Crippen LogP contribution in [0.15, 0.2) is 18.2 Å². The number of halogens is 1. The van der Waals surface area contributed by atoms with E-state index in [1.807, 2.05) is 4.90 Å². The van der Waals surface area contributed by atoms with Gasteiger partial charge in [-0.3, -0.25) is 9.59 Å². The topological polar surface area (TPSA) is 77.1 Å². The Kier molecular flexibility index (Phi) is 6.07. The number of fused-ring (bicyclic) bond motifs is 6. The Hall–Kier alpha value is -2.19. The summed E-state index contributed by atoms with van der Waals surface area (Å²) >= 11 is 0. The number of carbonyl (C=O) groups is 2. The monoisotopic (exact) mass is 446 g/mol. The standard InChI is InChI=1S/C24H31FN2O5/c25-17-4-7-20-19(12-17)16-2-5-18(6-3-16)32-13-21-24(15-30-14-22(28)26-24)9-1-10-27(21)23(29)8-11-31-20/h4,7,12,16,18,21H,1-3,5-6,8-11,13-15H2,(H,26,28)/t16-,18+,21?,24?. The minimum absolute atomic E-state index is 0.0246. The molecule has 1 saturated carbocycles. The molecule has 0 radical (unpaired) electrons. The van der Waals surface area contributed by atoms with E-state index in [2.05, 4.69) is 5.32 Å². The third-order valence-corrected chi connectivity index (χ3v) is 7.49. The number of nitrogens with zero attached hydrogens (tertiary/aromatic N) is 1. The smallest absolute Gasteiger partial charge is 0.246 e. The van der Waals surface area contributed by atoms with Gasteiger partial charge in [-0.2, -0.15) is 0 Å². The molecule has 32 heavy (non-hydrogen) atoms. The summed E-state index contributed by atoms with van der Waals surface area (Å²) in [5.41, 5.74) is 0.285. The van der Waals surface area contributed by atoms with Gasteiger partial charge in [0.1, 0.15) is 18.2 Å². The fraction of sp³-hybridized carbons (Fsp3) is 0.667. The number of benzene rings is 1. The molecule has 6 rings (SSSR count). The normalized spacial score (nSPS) is 33.7. The molecule has 2 saturated heterocycles. The van der Waals surface area contributed by atoms with Crippen molar-refractivity contribution in [1.82, 2.24) is 10.2 Å². The molecule has 0 aromatic heterocycles. The van der Waals surface area contributed by atoms with Crippen LogP contribution in [0.25, 0.3) is 0 Å². The van der Waals surface area contributed by atoms with Crippen LogP contribution in [-0.2, 0) is 19.1 Å². The number of hydrogen-bond acceptors (Lipinski definition) is 5. The summed E-state index contributed by atoms with van der Waals surface area (Å²) in [7, 11) is 0. The molecule has 1 aromatic carbocycles. The van der Waals surface area contributed by atoms with Crippen LogP contribution < -0.4 is 10.1 Å². The second-order valence-corrected chi connectivity index (χ2v) is 9.49. The van der Waals surface area contributed by atoms with Crippen molar-refractivity contribution in [2.24, 2.45) is 0 Å². The lowest BCUT2D eigenvalue weighted by Crippen LogP contribution is -2.72. The average Bonchev–Trinajstić information content (AvgIpc) is 2.79. The average molecular weight is 447 g/mol. The van der Waals surface area contributed by atoms with Gasteiger partial charge in [0.25, 0.3) is 0 Å². The fourth-order valence-corrected chi connectivity index (χ4v) is 5.85. The van der Waals surface area contributed by atoms with E-state index in [9.17, 15) is 14.0 Å². The minimum Gasteiger partial charge on any atom is -0.493 e. The zero-order valence-electron chi connectivity index (χ0n) is 18.3. The molecule has 174 valence electrons. The number of ether oxygens (including phenoxy) is 3. The van der Waals surface area contributed by atoms with Crippen molar-refractivity contribution in [3.8, 4) is 5.75 Å². The molecule has 8 heteroatoms. The van der Waals surface area contributed by atoms with E-state index in [0.29, 0.717) is 25.5 Å². The lowest BCUT2D eigenvalue weighted by molar-refractivity contribution is -0.155. The van der Waals surface area contributed by atoms with Crippen LogP contribution in [-0.4, -0.2) is 67.4 Å². The van der Waals surface area contributed by atoms with Gasteiger partial charge < -0.3 is 24.4 Å². The van der Waals surface area contributed by atoms with Gasteiger partial charge in [-0.15, -0.1) is 0 Å². The molecule has 3 fully saturated rings. The second kappa shape index (κ2) is 8.98. The van der Waals surface area contributed by atoms with Crippen LogP contribution in [0, 0.1) is 5.82 Å². The maximum absolute atomic E-state index is 14.0. The first-order valence-electron chi connectivity index (χ1n) is 11.8. The molecule has 2 amide bonds. The molecule has 1 aliphatic carbocycles. The first-order chi connectivity index (χ1) is 15.5. The van der Waals surface area contributed by atoms with Crippen molar-refractivity contribution in [3.63, 3.8) is 0 Å². The molecule has 7 nitrogen and oxygen atoms in total. The summed E-state index contributed by atoms with van der Waals surface area (Å²) in [6.45, 7) is 1.67. The Labute approximate surface area is 187 Å². The largest absolute Gasteiger partial charge is 0.493 e. The Bertz CT molecular complexity index is 868. The summed E-state index contributed by atoms with van der Waals surface area (Å²) in [5, 5.41) is 3.14. The molecule has 4 aliphatic heterocycles. The molecular formula is C24H31FN2O5. The molecule has 2 atom stereocenters. The number of rotatable bonds is 0. The first-order valence-corrected chi connectivity index (χ1v) is 11.8. The van der Waals surface area contributed by atoms with E-state index < -0.39 is 5.54 Å². The summed E-state index contributed by atoms with van der Waals surface area (Å²) < 4.78 is 31.9. The number of morpholine rings is 1. The molecule has 1 aromatic rings. The van der Waals surface area contributed by atoms with Crippen molar-refractivity contribution in [3.05, 3.63) is 29.6 Å². The van der Waals surface area contributed by atoms with Crippen LogP contribution in [0.2, 0.25) is 0 Å². The van der Waals surface area contributed by atoms with Crippen LogP contribution >= 0.6 is 0 Å². The summed E-state index contributed by atoms with van der Waals surface area (Å²) in [5.74, 6) is 0.463. The van der Waals surface area contributed by atoms with Crippen LogP contribution in [0.4, 0.5) is 4.39 Å². The minimum atomic E-state index is -0.609. The van der Waals surface area contributed by atoms with E-state index in [4.69, 9.17) is 14.2 Å².